The molecule has 10 aromatic rings. The molecule has 3 heterocycles. The van der Waals surface area contributed by atoms with Crippen molar-refractivity contribution in [1.82, 2.24) is 15.0 Å². The first-order valence-electron chi connectivity index (χ1n) is 22.6. The third-order valence-corrected chi connectivity index (χ3v) is 12.9. The molecule has 2 aliphatic heterocycles. The van der Waals surface area contributed by atoms with Gasteiger partial charge in [0, 0.05) is 50.8 Å². The van der Waals surface area contributed by atoms with Gasteiger partial charge in [-0.1, -0.05) is 146 Å². The molecular weight excluding hydrogens is 853 g/mol. The van der Waals surface area contributed by atoms with Crippen LogP contribution in [0, 0.1) is 0 Å². The number of para-hydroxylation sites is 2. The number of aromatic nitrogens is 3. The first-order chi connectivity index (χ1) is 34.0. The molecular formula is C59H38BN5O4. The third-order valence-electron chi connectivity index (χ3n) is 12.9. The molecule has 10 heteroatoms. The van der Waals surface area contributed by atoms with Crippen LogP contribution in [0.25, 0.3) is 56.4 Å². The average Bonchev–Trinajstić information content (AvgIpc) is 3.41. The molecule has 0 fully saturated rings. The molecule has 0 unspecified atom stereocenters. The number of carboxylic acids is 1. The molecule has 0 saturated heterocycles. The minimum Gasteiger partial charge on any atom is -0.478 e. The molecule has 0 aliphatic carbocycles. The Morgan fingerprint density at radius 1 is 0.435 bits per heavy atom. The first-order valence-corrected chi connectivity index (χ1v) is 22.6. The second kappa shape index (κ2) is 17.1. The predicted molar refractivity (Wildman–Crippen MR) is 275 cm³/mol. The van der Waals surface area contributed by atoms with Crippen LogP contribution in [0.5, 0.6) is 5.75 Å². The normalized spacial score (nSPS) is 12.1. The van der Waals surface area contributed by atoms with Crippen molar-refractivity contribution < 1.29 is 19.4 Å². The van der Waals surface area contributed by atoms with Gasteiger partial charge in [0.15, 0.2) is 17.5 Å². The molecule has 0 saturated carbocycles. The monoisotopic (exact) mass is 891 g/mol. The summed E-state index contributed by atoms with van der Waals surface area (Å²) in [7, 11) is 0. The second-order valence-corrected chi connectivity index (χ2v) is 16.9. The van der Waals surface area contributed by atoms with Crippen LogP contribution in [-0.2, 0) is 4.79 Å². The number of hydrogen-bond donors (Lipinski definition) is 1. The summed E-state index contributed by atoms with van der Waals surface area (Å²) in [6, 6.07) is 73.2. The maximum absolute atomic E-state index is 11.7. The van der Waals surface area contributed by atoms with Gasteiger partial charge in [0.2, 0.25) is 0 Å². The lowest BCUT2D eigenvalue weighted by atomic mass is 9.33. The summed E-state index contributed by atoms with van der Waals surface area (Å²) in [5.74, 6) is 1.20. The van der Waals surface area contributed by atoms with Crippen molar-refractivity contribution in [3.63, 3.8) is 0 Å². The molecule has 0 bridgehead atoms. The van der Waals surface area contributed by atoms with E-state index in [1.165, 1.54) is 10.9 Å². The maximum atomic E-state index is 11.7. The maximum Gasteiger partial charge on any atom is 0.335 e. The third kappa shape index (κ3) is 7.37. The largest absolute Gasteiger partial charge is 0.478 e. The quantitative estimate of drug-likeness (QED) is 0.106. The number of hydrogen-bond acceptors (Lipinski definition) is 8. The van der Waals surface area contributed by atoms with Crippen LogP contribution in [0.4, 0.5) is 34.1 Å². The van der Waals surface area contributed by atoms with Crippen molar-refractivity contribution in [1.29, 1.82) is 0 Å². The van der Waals surface area contributed by atoms with Crippen LogP contribution in [0.1, 0.15) is 10.4 Å². The van der Waals surface area contributed by atoms with E-state index < -0.39 is 5.97 Å². The number of carbonyl (C=O) groups excluding carboxylic acids is 1. The zero-order valence-corrected chi connectivity index (χ0v) is 36.8. The number of carboxylic acid groups (broad SMARTS) is 1. The topological polar surface area (TPSA) is 109 Å². The molecule has 0 atom stereocenters. The molecule has 0 amide bonds. The van der Waals surface area contributed by atoms with E-state index >= 15 is 0 Å². The molecule has 0 spiro atoms. The Morgan fingerprint density at radius 2 is 0.826 bits per heavy atom. The first kappa shape index (κ1) is 41.1. The Balaban J connectivity index is 1.09. The summed E-state index contributed by atoms with van der Waals surface area (Å²) in [6.45, 7) is 0.324. The van der Waals surface area contributed by atoms with Gasteiger partial charge < -0.3 is 19.6 Å². The Morgan fingerprint density at radius 3 is 1.26 bits per heavy atom. The van der Waals surface area contributed by atoms with Gasteiger partial charge in [0.05, 0.1) is 5.56 Å². The zero-order chi connectivity index (χ0) is 46.4. The van der Waals surface area contributed by atoms with Gasteiger partial charge in [-0.15, -0.1) is 0 Å². The Kier molecular flexibility index (Phi) is 10.2. The van der Waals surface area contributed by atoms with E-state index in [9.17, 15) is 14.7 Å². The molecule has 1 N–H and O–H groups in total. The van der Waals surface area contributed by atoms with Gasteiger partial charge in [-0.25, -0.2) is 19.7 Å². The fourth-order valence-corrected chi connectivity index (χ4v) is 9.71. The highest BCUT2D eigenvalue weighted by molar-refractivity contribution is 7.00. The van der Waals surface area contributed by atoms with E-state index in [2.05, 4.69) is 119 Å². The van der Waals surface area contributed by atoms with Crippen LogP contribution in [-0.4, -0.2) is 39.2 Å². The van der Waals surface area contributed by atoms with Gasteiger partial charge >= 0.3 is 5.97 Å². The summed E-state index contributed by atoms with van der Waals surface area (Å²) >= 11 is 0. The van der Waals surface area contributed by atoms with Gasteiger partial charge in [-0.2, -0.15) is 0 Å². The van der Waals surface area contributed by atoms with Crippen molar-refractivity contribution in [2.45, 2.75) is 0 Å². The van der Waals surface area contributed by atoms with Gasteiger partial charge in [-0.3, -0.25) is 4.79 Å². The number of nitrogens with zero attached hydrogens (tertiary/aromatic N) is 5. The fraction of sp³-hybridized carbons (Fsp3) is 0. The molecule has 69 heavy (non-hydrogen) atoms. The number of anilines is 6. The van der Waals surface area contributed by atoms with Crippen LogP contribution in [0.15, 0.2) is 218 Å². The number of ether oxygens (including phenoxy) is 1. The second-order valence-electron chi connectivity index (χ2n) is 16.9. The molecule has 0 radical (unpaired) electrons. The lowest BCUT2D eigenvalue weighted by Crippen LogP contribution is -2.61. The number of benzene rings is 9. The SMILES string of the molecule is O=COc1ccc(-c2ccc(N3c4ccccc4B4c5ccccc5N(c5ccc(-c6ccc(C(=O)O)cc6)cc5)c5cc(-c6nc(-c7ccccc7)nc(-c7ccccc7)n6)cc3c54)cc2)cc1. The minimum absolute atomic E-state index is 0.111. The van der Waals surface area contributed by atoms with Crippen molar-refractivity contribution in [2.75, 3.05) is 9.80 Å². The van der Waals surface area contributed by atoms with Crippen molar-refractivity contribution in [2.24, 2.45) is 0 Å². The minimum atomic E-state index is -0.957. The van der Waals surface area contributed by atoms with Crippen molar-refractivity contribution >= 4 is 69.7 Å². The fourth-order valence-electron chi connectivity index (χ4n) is 9.71. The standard InChI is InChI=1S/C59H38BN5O4/c66-37-69-48-33-27-41(28-34-48)40-25-31-47(32-26-40)65-52-18-10-8-16-50(52)60-49-15-7-9-17-51(49)64(46-29-23-39(24-30-46)38-19-21-44(22-20-38)59(67)68)53-35-45(36-54(65)55(53)60)58-62-56(42-11-3-1-4-12-42)61-57(63-58)43-13-5-2-6-14-43/h1-37H,(H,67,68). The predicted octanol–water partition coefficient (Wildman–Crippen LogP) is 11.5. The summed E-state index contributed by atoms with van der Waals surface area (Å²) in [4.78, 5) is 42.9. The Hall–Kier alpha value is -9.41. The average molecular weight is 892 g/mol. The molecule has 326 valence electrons. The van der Waals surface area contributed by atoms with Gasteiger partial charge in [0.1, 0.15) is 5.75 Å². The van der Waals surface area contributed by atoms with E-state index in [0.29, 0.717) is 29.7 Å². The summed E-state index contributed by atoms with van der Waals surface area (Å²) in [5, 5.41) is 9.55. The van der Waals surface area contributed by atoms with Crippen LogP contribution in [0.2, 0.25) is 0 Å². The molecule has 12 rings (SSSR count). The lowest BCUT2D eigenvalue weighted by Gasteiger charge is -2.44. The zero-order valence-electron chi connectivity index (χ0n) is 36.8. The highest BCUT2D eigenvalue weighted by Gasteiger charge is 2.43. The molecule has 9 aromatic carbocycles. The number of carbonyl (C=O) groups is 2. The Labute approximate surface area is 398 Å². The Bertz CT molecular complexity index is 3520. The van der Waals surface area contributed by atoms with Crippen LogP contribution in [0.3, 0.4) is 0 Å². The van der Waals surface area contributed by atoms with Crippen LogP contribution < -0.4 is 30.9 Å². The smallest absolute Gasteiger partial charge is 0.335 e. The van der Waals surface area contributed by atoms with E-state index in [1.54, 1.807) is 24.3 Å². The highest BCUT2D eigenvalue weighted by Crippen LogP contribution is 2.46. The van der Waals surface area contributed by atoms with Crippen molar-refractivity contribution in [3.05, 3.63) is 224 Å². The van der Waals surface area contributed by atoms with E-state index in [-0.39, 0.29) is 12.3 Å². The summed E-state index contributed by atoms with van der Waals surface area (Å²) < 4.78 is 5.07. The van der Waals surface area contributed by atoms with Crippen LogP contribution >= 0.6 is 0 Å². The molecule has 1 aromatic heterocycles. The number of rotatable bonds is 10. The lowest BCUT2D eigenvalue weighted by molar-refractivity contribution is -0.120. The molecule has 9 nitrogen and oxygen atoms in total. The van der Waals surface area contributed by atoms with Gasteiger partial charge in [-0.05, 0) is 111 Å². The molecule has 2 aliphatic rings. The summed E-state index contributed by atoms with van der Waals surface area (Å²) in [6.07, 6.45) is 0. The highest BCUT2D eigenvalue weighted by atomic mass is 16.5. The van der Waals surface area contributed by atoms with E-state index in [1.807, 2.05) is 84.9 Å². The number of aromatic carboxylic acids is 1. The van der Waals surface area contributed by atoms with Crippen molar-refractivity contribution in [3.8, 4) is 62.2 Å². The summed E-state index contributed by atoms with van der Waals surface area (Å²) in [5.41, 5.74) is 16.2. The van der Waals surface area contributed by atoms with E-state index in [4.69, 9.17) is 19.7 Å². The number of fused-ring (bicyclic) bond motifs is 4. The van der Waals surface area contributed by atoms with Gasteiger partial charge in [0.25, 0.3) is 13.2 Å². The van der Waals surface area contributed by atoms with E-state index in [0.717, 1.165) is 78.5 Å².